The van der Waals surface area contributed by atoms with Crippen LogP contribution in [0.1, 0.15) is 6.92 Å². The fourth-order valence-electron chi connectivity index (χ4n) is 1.31. The summed E-state index contributed by atoms with van der Waals surface area (Å²) < 4.78 is 5.12. The van der Waals surface area contributed by atoms with Crippen LogP contribution in [-0.2, 0) is 14.3 Å². The number of carbonyl (C=O) groups is 2. The smallest absolute Gasteiger partial charge is 0.548 e. The number of aliphatic carboxylic acids is 1. The maximum atomic E-state index is 11.3. The number of amides is 1. The van der Waals surface area contributed by atoms with Crippen LogP contribution >= 0.6 is 0 Å². The summed E-state index contributed by atoms with van der Waals surface area (Å²) in [6.07, 6.45) is 0. The predicted octanol–water partition coefficient (Wildman–Crippen LogP) is -5.42. The molecule has 1 rings (SSSR count). The first kappa shape index (κ1) is 16.5. The third-order valence-electron chi connectivity index (χ3n) is 2.20. The van der Waals surface area contributed by atoms with Gasteiger partial charge in [0.15, 0.2) is 0 Å². The van der Waals surface area contributed by atoms with Crippen molar-refractivity contribution in [1.29, 1.82) is 0 Å². The van der Waals surface area contributed by atoms with Crippen molar-refractivity contribution in [3.8, 4) is 0 Å². The summed E-state index contributed by atoms with van der Waals surface area (Å²) in [5, 5.41) is 12.7. The van der Waals surface area contributed by atoms with Crippen LogP contribution in [0.15, 0.2) is 0 Å². The molecule has 1 atom stereocenters. The molecule has 0 bridgehead atoms. The Morgan fingerprint density at radius 2 is 2.00 bits per heavy atom. The molecule has 1 N–H and O–H groups in total. The van der Waals surface area contributed by atoms with E-state index in [4.69, 9.17) is 4.74 Å². The normalized spacial score (nSPS) is 18.3. The number of hydrogen-bond donors (Lipinski definition) is 1. The minimum Gasteiger partial charge on any atom is -0.548 e. The zero-order valence-electron chi connectivity index (χ0n) is 9.69. The van der Waals surface area contributed by atoms with Gasteiger partial charge in [-0.05, 0) is 6.92 Å². The molecule has 7 heteroatoms. The Balaban J connectivity index is 0.00000225. The number of hydrogen-bond acceptors (Lipinski definition) is 5. The quantitative estimate of drug-likeness (QED) is 0.506. The number of nitrogens with zero attached hydrogens (tertiary/aromatic N) is 1. The van der Waals surface area contributed by atoms with Gasteiger partial charge in [-0.2, -0.15) is 0 Å². The fourth-order valence-corrected chi connectivity index (χ4v) is 1.31. The second-order valence-electron chi connectivity index (χ2n) is 3.50. The molecular weight excluding hydrogens is 239 g/mol. The minimum absolute atomic E-state index is 0. The van der Waals surface area contributed by atoms with E-state index in [0.717, 1.165) is 0 Å². The molecule has 1 aliphatic rings. The van der Waals surface area contributed by atoms with Crippen molar-refractivity contribution in [2.24, 2.45) is 0 Å². The molecule has 1 saturated heterocycles. The number of rotatable bonds is 4. The number of carboxylic acid groups (broad SMARTS) is 1. The van der Waals surface area contributed by atoms with E-state index >= 15 is 0 Å². The van der Waals surface area contributed by atoms with Crippen LogP contribution in [0.3, 0.4) is 0 Å². The average Bonchev–Trinajstić information content (AvgIpc) is 2.18. The average molecular weight is 254 g/mol. The monoisotopic (exact) mass is 254 g/mol. The Bertz CT molecular complexity index is 244. The van der Waals surface area contributed by atoms with Gasteiger partial charge in [0.1, 0.15) is 0 Å². The van der Waals surface area contributed by atoms with Gasteiger partial charge < -0.3 is 20.0 Å². The van der Waals surface area contributed by atoms with Gasteiger partial charge in [-0.15, -0.1) is 0 Å². The Morgan fingerprint density at radius 3 is 2.50 bits per heavy atom. The first-order valence-corrected chi connectivity index (χ1v) is 4.90. The van der Waals surface area contributed by atoms with E-state index in [0.29, 0.717) is 26.3 Å². The molecule has 0 spiro atoms. The second-order valence-corrected chi connectivity index (χ2v) is 3.50. The summed E-state index contributed by atoms with van der Waals surface area (Å²) in [6.45, 7) is 4.22. The zero-order chi connectivity index (χ0) is 11.3. The minimum atomic E-state index is -1.27. The summed E-state index contributed by atoms with van der Waals surface area (Å²) in [5.74, 6) is -1.57. The maximum absolute atomic E-state index is 11.3. The third kappa shape index (κ3) is 6.29. The van der Waals surface area contributed by atoms with E-state index in [1.54, 1.807) is 0 Å². The SMILES string of the molecule is C[C@H](NC(=O)CN1CCOCC1)C(=O)[O-].[K+]. The van der Waals surface area contributed by atoms with Crippen LogP contribution < -0.4 is 61.8 Å². The summed E-state index contributed by atoms with van der Waals surface area (Å²) in [6, 6.07) is -0.946. The van der Waals surface area contributed by atoms with E-state index < -0.39 is 12.0 Å². The summed E-state index contributed by atoms with van der Waals surface area (Å²) >= 11 is 0. The van der Waals surface area contributed by atoms with Crippen molar-refractivity contribution < 1.29 is 70.8 Å². The standard InChI is InChI=1S/C9H16N2O4.K/c1-7(9(13)14)10-8(12)6-11-2-4-15-5-3-11;/h7H,2-6H2,1H3,(H,10,12)(H,13,14);/q;+1/p-1/t7-;/m0./s1. The van der Waals surface area contributed by atoms with Gasteiger partial charge in [0.05, 0.1) is 31.8 Å². The number of nitrogens with one attached hydrogen (secondary N) is 1. The Hall–Kier alpha value is 0.496. The summed E-state index contributed by atoms with van der Waals surface area (Å²) in [5.41, 5.74) is 0. The summed E-state index contributed by atoms with van der Waals surface area (Å²) in [7, 11) is 0. The fraction of sp³-hybridized carbons (Fsp3) is 0.778. The van der Waals surface area contributed by atoms with E-state index in [-0.39, 0.29) is 63.8 Å². The van der Waals surface area contributed by atoms with Crippen LogP contribution in [0.5, 0.6) is 0 Å². The van der Waals surface area contributed by atoms with Crippen LogP contribution in [0.4, 0.5) is 0 Å². The van der Waals surface area contributed by atoms with Crippen molar-refractivity contribution in [2.45, 2.75) is 13.0 Å². The van der Waals surface area contributed by atoms with E-state index in [1.807, 2.05) is 4.90 Å². The predicted molar refractivity (Wildman–Crippen MR) is 49.9 cm³/mol. The molecule has 1 amide bonds. The molecular formula is C9H15KN2O4. The molecule has 1 heterocycles. The molecule has 16 heavy (non-hydrogen) atoms. The largest absolute Gasteiger partial charge is 1.00 e. The van der Waals surface area contributed by atoms with Gasteiger partial charge >= 0.3 is 51.4 Å². The number of ether oxygens (including phenoxy) is 1. The maximum Gasteiger partial charge on any atom is 1.00 e. The van der Waals surface area contributed by atoms with Crippen molar-refractivity contribution in [1.82, 2.24) is 10.2 Å². The van der Waals surface area contributed by atoms with Crippen LogP contribution in [0.2, 0.25) is 0 Å². The van der Waals surface area contributed by atoms with Gasteiger partial charge in [0.2, 0.25) is 5.91 Å². The Morgan fingerprint density at radius 1 is 1.44 bits per heavy atom. The van der Waals surface area contributed by atoms with Gasteiger partial charge in [-0.3, -0.25) is 9.69 Å². The number of carboxylic acids is 1. The molecule has 6 nitrogen and oxygen atoms in total. The zero-order valence-corrected chi connectivity index (χ0v) is 12.8. The van der Waals surface area contributed by atoms with E-state index in [1.165, 1.54) is 6.92 Å². The number of morpholine rings is 1. The molecule has 0 saturated carbocycles. The van der Waals surface area contributed by atoms with Gasteiger partial charge in [0, 0.05) is 13.1 Å². The van der Waals surface area contributed by atoms with Crippen molar-refractivity contribution in [3.63, 3.8) is 0 Å². The summed E-state index contributed by atoms with van der Waals surface area (Å²) in [4.78, 5) is 23.6. The molecule has 86 valence electrons. The molecule has 1 aliphatic heterocycles. The van der Waals surface area contributed by atoms with Crippen molar-refractivity contribution >= 4 is 11.9 Å². The Labute approximate surface area is 137 Å². The van der Waals surface area contributed by atoms with Crippen LogP contribution in [-0.4, -0.2) is 55.7 Å². The van der Waals surface area contributed by atoms with Crippen LogP contribution in [0, 0.1) is 0 Å². The third-order valence-corrected chi connectivity index (χ3v) is 2.20. The molecule has 0 unspecified atom stereocenters. The van der Waals surface area contributed by atoms with E-state index in [9.17, 15) is 14.7 Å². The first-order chi connectivity index (χ1) is 7.09. The van der Waals surface area contributed by atoms with Gasteiger partial charge in [-0.25, -0.2) is 0 Å². The molecule has 0 aliphatic carbocycles. The molecule has 0 aromatic heterocycles. The van der Waals surface area contributed by atoms with Crippen molar-refractivity contribution in [2.75, 3.05) is 32.8 Å². The number of carbonyl (C=O) groups excluding carboxylic acids is 2. The molecule has 0 radical (unpaired) electrons. The van der Waals surface area contributed by atoms with Crippen LogP contribution in [0.25, 0.3) is 0 Å². The molecule has 1 fully saturated rings. The molecule has 0 aromatic carbocycles. The molecule has 0 aromatic rings. The second kappa shape index (κ2) is 8.57. The van der Waals surface area contributed by atoms with Crippen molar-refractivity contribution in [3.05, 3.63) is 0 Å². The first-order valence-electron chi connectivity index (χ1n) is 4.90. The topological polar surface area (TPSA) is 81.7 Å². The van der Waals surface area contributed by atoms with E-state index in [2.05, 4.69) is 5.32 Å². The Kier molecular flexibility index (Phi) is 8.83. The van der Waals surface area contributed by atoms with Gasteiger partial charge in [-0.1, -0.05) is 0 Å². The van der Waals surface area contributed by atoms with Gasteiger partial charge in [0.25, 0.3) is 0 Å².